The average Bonchev–Trinajstić information content (AvgIpc) is 3.21. The molecular formula is C24H22FN3O3. The molecule has 0 unspecified atom stereocenters. The van der Waals surface area contributed by atoms with Gasteiger partial charge in [0.25, 0.3) is 5.91 Å². The summed E-state index contributed by atoms with van der Waals surface area (Å²) in [5.41, 5.74) is 3.77. The Labute approximate surface area is 179 Å². The van der Waals surface area contributed by atoms with Gasteiger partial charge in [-0.3, -0.25) is 4.79 Å². The van der Waals surface area contributed by atoms with E-state index in [9.17, 15) is 14.0 Å². The van der Waals surface area contributed by atoms with Crippen molar-refractivity contribution in [3.63, 3.8) is 0 Å². The second kappa shape index (κ2) is 8.87. The first-order chi connectivity index (χ1) is 15.0. The van der Waals surface area contributed by atoms with E-state index in [1.54, 1.807) is 42.3 Å². The molecule has 0 saturated carbocycles. The first kappa shape index (κ1) is 20.4. The summed E-state index contributed by atoms with van der Waals surface area (Å²) in [6.45, 7) is 1.18. The zero-order valence-electron chi connectivity index (χ0n) is 17.0. The molecular weight excluding hydrogens is 397 g/mol. The van der Waals surface area contributed by atoms with Crippen LogP contribution >= 0.6 is 0 Å². The molecule has 0 fully saturated rings. The number of carbonyl (C=O) groups is 2. The molecule has 4 rings (SSSR count). The number of hydrogen-bond acceptors (Lipinski definition) is 3. The van der Waals surface area contributed by atoms with Crippen LogP contribution in [0.1, 0.15) is 27.0 Å². The molecule has 3 amide bonds. The molecule has 1 aliphatic heterocycles. The fourth-order valence-electron chi connectivity index (χ4n) is 3.48. The number of carbonyl (C=O) groups excluding carboxylic acids is 2. The summed E-state index contributed by atoms with van der Waals surface area (Å²) in [6.07, 6.45) is 0. The van der Waals surface area contributed by atoms with Crippen LogP contribution in [-0.4, -0.2) is 23.9 Å². The lowest BCUT2D eigenvalue weighted by molar-refractivity contribution is 0.0951. The molecule has 3 aromatic carbocycles. The molecule has 1 heterocycles. The summed E-state index contributed by atoms with van der Waals surface area (Å²) in [5.74, 6) is 0.220. The minimum Gasteiger partial charge on any atom is -0.497 e. The fraction of sp³-hybridized carbons (Fsp3) is 0.167. The highest BCUT2D eigenvalue weighted by Gasteiger charge is 2.23. The van der Waals surface area contributed by atoms with Gasteiger partial charge in [-0.05, 0) is 65.2 Å². The van der Waals surface area contributed by atoms with E-state index >= 15 is 0 Å². The number of hydrogen-bond donors (Lipinski definition) is 2. The first-order valence-electron chi connectivity index (χ1n) is 9.86. The van der Waals surface area contributed by atoms with Crippen molar-refractivity contribution in [1.29, 1.82) is 0 Å². The third-order valence-electron chi connectivity index (χ3n) is 5.16. The third-order valence-corrected chi connectivity index (χ3v) is 5.16. The lowest BCUT2D eigenvalue weighted by atomic mass is 10.1. The van der Waals surface area contributed by atoms with Crippen molar-refractivity contribution in [1.82, 2.24) is 10.2 Å². The maximum Gasteiger partial charge on any atom is 0.322 e. The van der Waals surface area contributed by atoms with Gasteiger partial charge < -0.3 is 20.3 Å². The number of ether oxygens (including phenoxy) is 1. The number of benzene rings is 3. The zero-order valence-corrected chi connectivity index (χ0v) is 17.0. The predicted molar refractivity (Wildman–Crippen MR) is 115 cm³/mol. The van der Waals surface area contributed by atoms with Gasteiger partial charge in [0.15, 0.2) is 0 Å². The Hall–Kier alpha value is -3.87. The summed E-state index contributed by atoms with van der Waals surface area (Å²) in [7, 11) is 1.60. The minimum atomic E-state index is -0.304. The van der Waals surface area contributed by atoms with E-state index in [4.69, 9.17) is 4.74 Å². The number of anilines is 1. The fourth-order valence-corrected chi connectivity index (χ4v) is 3.48. The molecule has 6 nitrogen and oxygen atoms in total. The minimum absolute atomic E-state index is 0.210. The Bertz CT molecular complexity index is 1120. The van der Waals surface area contributed by atoms with Gasteiger partial charge in [-0.2, -0.15) is 0 Å². The van der Waals surface area contributed by atoms with E-state index in [1.807, 2.05) is 24.3 Å². The van der Waals surface area contributed by atoms with Gasteiger partial charge >= 0.3 is 6.03 Å². The van der Waals surface area contributed by atoms with Crippen molar-refractivity contribution in [3.05, 3.63) is 94.8 Å². The lowest BCUT2D eigenvalue weighted by Crippen LogP contribution is -2.30. The highest BCUT2D eigenvalue weighted by Crippen LogP contribution is 2.24. The first-order valence-corrected chi connectivity index (χ1v) is 9.86. The molecule has 1 aliphatic rings. The molecule has 0 bridgehead atoms. The standard InChI is InChI=1S/C24H22FN3O3/c1-31-22-4-2-3-16(11-22)13-26-23(29)17-6-9-21(10-7-17)27-24(30)28-14-18-5-8-20(25)12-19(18)15-28/h2-12H,13-15H2,1H3,(H,26,29)(H,27,30). The van der Waals surface area contributed by atoms with E-state index in [-0.39, 0.29) is 17.8 Å². The van der Waals surface area contributed by atoms with E-state index < -0.39 is 0 Å². The van der Waals surface area contributed by atoms with Crippen molar-refractivity contribution in [2.75, 3.05) is 12.4 Å². The highest BCUT2D eigenvalue weighted by molar-refractivity contribution is 5.95. The molecule has 3 aromatic rings. The Morgan fingerprint density at radius 1 is 1.00 bits per heavy atom. The van der Waals surface area contributed by atoms with Crippen LogP contribution in [0, 0.1) is 5.82 Å². The van der Waals surface area contributed by atoms with E-state index in [1.165, 1.54) is 12.1 Å². The molecule has 31 heavy (non-hydrogen) atoms. The maximum absolute atomic E-state index is 13.4. The van der Waals surface area contributed by atoms with Crippen LogP contribution in [0.2, 0.25) is 0 Å². The molecule has 0 aromatic heterocycles. The number of fused-ring (bicyclic) bond motifs is 1. The van der Waals surface area contributed by atoms with Crippen LogP contribution in [0.3, 0.4) is 0 Å². The van der Waals surface area contributed by atoms with Crippen LogP contribution in [0.4, 0.5) is 14.9 Å². The van der Waals surface area contributed by atoms with Gasteiger partial charge in [0.1, 0.15) is 11.6 Å². The number of nitrogens with zero attached hydrogens (tertiary/aromatic N) is 1. The SMILES string of the molecule is COc1cccc(CNC(=O)c2ccc(NC(=O)N3Cc4ccc(F)cc4C3)cc2)c1. The second-order valence-corrected chi connectivity index (χ2v) is 7.31. The number of urea groups is 1. The summed E-state index contributed by atoms with van der Waals surface area (Å²) < 4.78 is 18.6. The molecule has 158 valence electrons. The summed E-state index contributed by atoms with van der Waals surface area (Å²) >= 11 is 0. The predicted octanol–water partition coefficient (Wildman–Crippen LogP) is 4.31. The van der Waals surface area contributed by atoms with Crippen LogP contribution < -0.4 is 15.4 Å². The zero-order chi connectivity index (χ0) is 21.8. The van der Waals surface area contributed by atoms with E-state index in [0.29, 0.717) is 30.9 Å². The maximum atomic E-state index is 13.4. The molecule has 0 atom stereocenters. The number of nitrogens with one attached hydrogen (secondary N) is 2. The van der Waals surface area contributed by atoms with Gasteiger partial charge in [-0.25, -0.2) is 9.18 Å². The van der Waals surface area contributed by atoms with Crippen LogP contribution in [0.15, 0.2) is 66.7 Å². The quantitative estimate of drug-likeness (QED) is 0.647. The van der Waals surface area contributed by atoms with E-state index in [0.717, 1.165) is 22.4 Å². The van der Waals surface area contributed by atoms with Gasteiger partial charge in [0.2, 0.25) is 0 Å². The summed E-state index contributed by atoms with van der Waals surface area (Å²) in [6, 6.07) is 18.5. The third kappa shape index (κ3) is 4.83. The molecule has 0 aliphatic carbocycles. The van der Waals surface area contributed by atoms with Gasteiger partial charge in [-0.1, -0.05) is 18.2 Å². The topological polar surface area (TPSA) is 70.7 Å². The average molecular weight is 419 g/mol. The van der Waals surface area contributed by atoms with Crippen molar-refractivity contribution < 1.29 is 18.7 Å². The normalized spacial score (nSPS) is 12.3. The monoisotopic (exact) mass is 419 g/mol. The molecule has 2 N–H and O–H groups in total. The highest BCUT2D eigenvalue weighted by atomic mass is 19.1. The lowest BCUT2D eigenvalue weighted by Gasteiger charge is -2.16. The van der Waals surface area contributed by atoms with Gasteiger partial charge in [0.05, 0.1) is 7.11 Å². The van der Waals surface area contributed by atoms with Crippen LogP contribution in [0.5, 0.6) is 5.75 Å². The largest absolute Gasteiger partial charge is 0.497 e. The van der Waals surface area contributed by atoms with Crippen molar-refractivity contribution in [2.24, 2.45) is 0 Å². The Balaban J connectivity index is 1.31. The van der Waals surface area contributed by atoms with Crippen molar-refractivity contribution in [2.45, 2.75) is 19.6 Å². The molecule has 0 radical (unpaired) electrons. The number of halogens is 1. The number of rotatable bonds is 5. The summed E-state index contributed by atoms with van der Waals surface area (Å²) in [4.78, 5) is 26.5. The smallest absolute Gasteiger partial charge is 0.322 e. The number of methoxy groups -OCH3 is 1. The Morgan fingerprint density at radius 3 is 2.55 bits per heavy atom. The van der Waals surface area contributed by atoms with Crippen LogP contribution in [-0.2, 0) is 19.6 Å². The molecule has 7 heteroatoms. The van der Waals surface area contributed by atoms with Crippen LogP contribution in [0.25, 0.3) is 0 Å². The van der Waals surface area contributed by atoms with Crippen molar-refractivity contribution >= 4 is 17.6 Å². The van der Waals surface area contributed by atoms with Gasteiger partial charge in [-0.15, -0.1) is 0 Å². The number of amides is 3. The molecule has 0 spiro atoms. The Morgan fingerprint density at radius 2 is 1.77 bits per heavy atom. The second-order valence-electron chi connectivity index (χ2n) is 7.31. The van der Waals surface area contributed by atoms with Crippen molar-refractivity contribution in [3.8, 4) is 5.75 Å². The summed E-state index contributed by atoms with van der Waals surface area (Å²) in [5, 5.41) is 5.68. The van der Waals surface area contributed by atoms with Gasteiger partial charge in [0, 0.05) is 30.9 Å². The molecule has 0 saturated heterocycles. The van der Waals surface area contributed by atoms with E-state index in [2.05, 4.69) is 10.6 Å². The Kier molecular flexibility index (Phi) is 5.84.